The van der Waals surface area contributed by atoms with Crippen molar-refractivity contribution >= 4 is 0 Å². The molecule has 2 aromatic rings. The first-order valence-electron chi connectivity index (χ1n) is 6.98. The Kier molecular flexibility index (Phi) is 5.50. The minimum Gasteiger partial charge on any atom is -0.485 e. The molecular weight excluding hydrogens is 250 g/mol. The van der Waals surface area contributed by atoms with Gasteiger partial charge >= 0.3 is 0 Å². The Balaban J connectivity index is 1.86. The molecule has 0 fully saturated rings. The number of rotatable bonds is 7. The highest BCUT2D eigenvalue weighted by Gasteiger charge is 2.01. The third kappa shape index (κ3) is 4.31. The normalized spacial score (nSPS) is 10.5. The number of aryl methyl sites for hydroxylation is 1. The van der Waals surface area contributed by atoms with Gasteiger partial charge in [-0.1, -0.05) is 13.0 Å². The van der Waals surface area contributed by atoms with Gasteiger partial charge in [0.05, 0.1) is 11.4 Å². The van der Waals surface area contributed by atoms with Crippen molar-refractivity contribution in [1.82, 2.24) is 15.3 Å². The Hall–Kier alpha value is -1.94. The number of nitrogens with zero attached hydrogens (tertiary/aromatic N) is 2. The number of pyridine rings is 2. The largest absolute Gasteiger partial charge is 0.485 e. The van der Waals surface area contributed by atoms with Gasteiger partial charge in [-0.05, 0) is 43.7 Å². The Labute approximate surface area is 120 Å². The minimum absolute atomic E-state index is 0.467. The van der Waals surface area contributed by atoms with Crippen molar-refractivity contribution in [3.8, 4) is 5.75 Å². The van der Waals surface area contributed by atoms with Gasteiger partial charge in [0.15, 0.2) is 0 Å². The first-order valence-corrected chi connectivity index (χ1v) is 6.98. The summed E-state index contributed by atoms with van der Waals surface area (Å²) in [5.41, 5.74) is 3.01. The van der Waals surface area contributed by atoms with Gasteiger partial charge in [-0.2, -0.15) is 0 Å². The van der Waals surface area contributed by atoms with Gasteiger partial charge in [-0.15, -0.1) is 0 Å². The molecule has 0 aliphatic heterocycles. The molecule has 0 saturated heterocycles. The second kappa shape index (κ2) is 7.60. The molecule has 4 nitrogen and oxygen atoms in total. The third-order valence-electron chi connectivity index (χ3n) is 2.98. The van der Waals surface area contributed by atoms with Crippen molar-refractivity contribution in [3.63, 3.8) is 0 Å². The van der Waals surface area contributed by atoms with Crippen molar-refractivity contribution in [2.45, 2.75) is 33.4 Å². The van der Waals surface area contributed by atoms with Crippen LogP contribution in [0.1, 0.15) is 30.3 Å². The van der Waals surface area contributed by atoms with Crippen LogP contribution in [0.2, 0.25) is 0 Å². The molecule has 1 N–H and O–H groups in total. The maximum absolute atomic E-state index is 5.72. The van der Waals surface area contributed by atoms with Crippen LogP contribution in [-0.4, -0.2) is 16.5 Å². The van der Waals surface area contributed by atoms with Crippen molar-refractivity contribution < 1.29 is 4.74 Å². The van der Waals surface area contributed by atoms with Gasteiger partial charge < -0.3 is 10.1 Å². The molecule has 0 aliphatic carbocycles. The highest BCUT2D eigenvalue weighted by molar-refractivity contribution is 5.25. The third-order valence-corrected chi connectivity index (χ3v) is 2.98. The highest BCUT2D eigenvalue weighted by atomic mass is 16.5. The van der Waals surface area contributed by atoms with Crippen LogP contribution in [-0.2, 0) is 13.2 Å². The first-order chi connectivity index (χ1) is 9.79. The van der Waals surface area contributed by atoms with Crippen LogP contribution >= 0.6 is 0 Å². The summed E-state index contributed by atoms with van der Waals surface area (Å²) >= 11 is 0. The lowest BCUT2D eigenvalue weighted by Gasteiger charge is -2.08. The molecule has 0 saturated carbocycles. The van der Waals surface area contributed by atoms with Crippen LogP contribution in [0.4, 0.5) is 0 Å². The summed E-state index contributed by atoms with van der Waals surface area (Å²) in [6, 6.07) is 7.89. The molecule has 0 bridgehead atoms. The summed E-state index contributed by atoms with van der Waals surface area (Å²) in [7, 11) is 0. The van der Waals surface area contributed by atoms with Gasteiger partial charge in [-0.25, -0.2) is 0 Å². The van der Waals surface area contributed by atoms with Crippen molar-refractivity contribution in [2.24, 2.45) is 0 Å². The maximum Gasteiger partial charge on any atom is 0.141 e. The summed E-state index contributed by atoms with van der Waals surface area (Å²) in [6.45, 7) is 6.46. The number of nitrogens with one attached hydrogen (secondary N) is 1. The highest BCUT2D eigenvalue weighted by Crippen LogP contribution is 2.15. The SMILES string of the molecule is CCCNCc1ccc(COc2cccnc2C)nc1. The van der Waals surface area contributed by atoms with Crippen LogP contribution in [0.15, 0.2) is 36.7 Å². The van der Waals surface area contributed by atoms with Gasteiger partial charge in [0.1, 0.15) is 12.4 Å². The number of ether oxygens (including phenoxy) is 1. The standard InChI is InChI=1S/C16H21N3O/c1-3-8-17-10-14-6-7-15(19-11-14)12-20-16-5-4-9-18-13(16)2/h4-7,9,11,17H,3,8,10,12H2,1-2H3. The zero-order valence-corrected chi connectivity index (χ0v) is 12.1. The molecule has 106 valence electrons. The Morgan fingerprint density at radius 2 is 2.10 bits per heavy atom. The molecule has 0 radical (unpaired) electrons. The average Bonchev–Trinajstić information content (AvgIpc) is 2.48. The number of hydrogen-bond donors (Lipinski definition) is 1. The van der Waals surface area contributed by atoms with E-state index in [0.29, 0.717) is 6.61 Å². The first kappa shape index (κ1) is 14.5. The Morgan fingerprint density at radius 3 is 2.80 bits per heavy atom. The molecule has 0 atom stereocenters. The quantitative estimate of drug-likeness (QED) is 0.787. The van der Waals surface area contributed by atoms with Crippen LogP contribution in [0.25, 0.3) is 0 Å². The molecular formula is C16H21N3O. The van der Waals surface area contributed by atoms with E-state index in [0.717, 1.165) is 36.6 Å². The van der Waals surface area contributed by atoms with E-state index in [2.05, 4.69) is 28.3 Å². The molecule has 0 unspecified atom stereocenters. The second-order valence-corrected chi connectivity index (χ2v) is 4.71. The molecule has 0 aliphatic rings. The molecule has 20 heavy (non-hydrogen) atoms. The fourth-order valence-corrected chi connectivity index (χ4v) is 1.83. The van der Waals surface area contributed by atoms with E-state index in [1.807, 2.05) is 31.3 Å². The molecule has 4 heteroatoms. The van der Waals surface area contributed by atoms with Gasteiger partial charge in [-0.3, -0.25) is 9.97 Å². The van der Waals surface area contributed by atoms with Gasteiger partial charge in [0.25, 0.3) is 0 Å². The van der Waals surface area contributed by atoms with E-state index < -0.39 is 0 Å². The van der Waals surface area contributed by atoms with E-state index in [1.54, 1.807) is 6.20 Å². The molecule has 0 spiro atoms. The molecule has 2 heterocycles. The fourth-order valence-electron chi connectivity index (χ4n) is 1.83. The van der Waals surface area contributed by atoms with E-state index >= 15 is 0 Å². The molecule has 2 rings (SSSR count). The fraction of sp³-hybridized carbons (Fsp3) is 0.375. The Bertz CT molecular complexity index is 526. The number of hydrogen-bond acceptors (Lipinski definition) is 4. The predicted octanol–water partition coefficient (Wildman–Crippen LogP) is 2.86. The van der Waals surface area contributed by atoms with Crippen molar-refractivity contribution in [2.75, 3.05) is 6.54 Å². The van der Waals surface area contributed by atoms with E-state index in [1.165, 1.54) is 5.56 Å². The lowest BCUT2D eigenvalue weighted by Crippen LogP contribution is -2.14. The van der Waals surface area contributed by atoms with Gasteiger partial charge in [0.2, 0.25) is 0 Å². The summed E-state index contributed by atoms with van der Waals surface area (Å²) in [5.74, 6) is 0.808. The van der Waals surface area contributed by atoms with Crippen molar-refractivity contribution in [1.29, 1.82) is 0 Å². The zero-order valence-electron chi connectivity index (χ0n) is 12.1. The Morgan fingerprint density at radius 1 is 1.20 bits per heavy atom. The van der Waals surface area contributed by atoms with E-state index in [-0.39, 0.29) is 0 Å². The summed E-state index contributed by atoms with van der Waals surface area (Å²) in [6.07, 6.45) is 4.81. The number of aromatic nitrogens is 2. The van der Waals surface area contributed by atoms with Crippen LogP contribution in [0, 0.1) is 6.92 Å². The zero-order chi connectivity index (χ0) is 14.2. The lowest BCUT2D eigenvalue weighted by molar-refractivity contribution is 0.297. The van der Waals surface area contributed by atoms with Crippen LogP contribution < -0.4 is 10.1 Å². The molecule has 0 amide bonds. The molecule has 2 aromatic heterocycles. The predicted molar refractivity (Wildman–Crippen MR) is 79.5 cm³/mol. The lowest BCUT2D eigenvalue weighted by atomic mass is 10.2. The van der Waals surface area contributed by atoms with Crippen LogP contribution in [0.5, 0.6) is 5.75 Å². The topological polar surface area (TPSA) is 47.0 Å². The summed E-state index contributed by atoms with van der Waals surface area (Å²) in [4.78, 5) is 8.61. The van der Waals surface area contributed by atoms with Gasteiger partial charge in [0, 0.05) is 18.9 Å². The van der Waals surface area contributed by atoms with E-state index in [9.17, 15) is 0 Å². The average molecular weight is 271 g/mol. The smallest absolute Gasteiger partial charge is 0.141 e. The van der Waals surface area contributed by atoms with Crippen LogP contribution in [0.3, 0.4) is 0 Å². The monoisotopic (exact) mass is 271 g/mol. The second-order valence-electron chi connectivity index (χ2n) is 4.71. The maximum atomic E-state index is 5.72. The molecule has 0 aromatic carbocycles. The van der Waals surface area contributed by atoms with E-state index in [4.69, 9.17) is 4.74 Å². The summed E-state index contributed by atoms with van der Waals surface area (Å²) < 4.78 is 5.72. The van der Waals surface area contributed by atoms with Crippen molar-refractivity contribution in [3.05, 3.63) is 53.6 Å². The summed E-state index contributed by atoms with van der Waals surface area (Å²) in [5, 5.41) is 3.36. The minimum atomic E-state index is 0.467.